The van der Waals surface area contributed by atoms with Gasteiger partial charge in [0.05, 0.1) is 24.5 Å². The average Bonchev–Trinajstić information content (AvgIpc) is 3.26. The first-order valence-electron chi connectivity index (χ1n) is 9.04. The Hall–Kier alpha value is -2.88. The predicted octanol–water partition coefficient (Wildman–Crippen LogP) is -0.0258. The molecule has 3 N–H and O–H groups in total. The number of carbonyl (C=O) groups excluding carboxylic acids is 3. The van der Waals surface area contributed by atoms with Crippen molar-refractivity contribution in [3.8, 4) is 0 Å². The van der Waals surface area contributed by atoms with Crippen LogP contribution < -0.4 is 20.4 Å². The normalized spacial score (nSPS) is 21.6. The number of hydrogen-bond donors (Lipinski definition) is 3. The Labute approximate surface area is 161 Å². The first-order chi connectivity index (χ1) is 13.4. The van der Waals surface area contributed by atoms with Gasteiger partial charge in [0, 0.05) is 26.1 Å². The van der Waals surface area contributed by atoms with E-state index >= 15 is 0 Å². The summed E-state index contributed by atoms with van der Waals surface area (Å²) in [5, 5.41) is 14.1. The van der Waals surface area contributed by atoms with Gasteiger partial charge in [-0.25, -0.2) is 9.18 Å². The Morgan fingerprint density at radius 1 is 1.36 bits per heavy atom. The fraction of sp³-hybridized carbons (Fsp3) is 0.500. The lowest BCUT2D eigenvalue weighted by molar-refractivity contribution is -0.124. The van der Waals surface area contributed by atoms with Gasteiger partial charge in [0.25, 0.3) is 0 Å². The number of aliphatic hydroxyl groups is 1. The first-order valence-corrected chi connectivity index (χ1v) is 9.04. The van der Waals surface area contributed by atoms with Gasteiger partial charge < -0.3 is 25.4 Å². The van der Waals surface area contributed by atoms with Crippen LogP contribution in [0, 0.1) is 5.82 Å². The zero-order valence-electron chi connectivity index (χ0n) is 15.5. The van der Waals surface area contributed by atoms with Crippen LogP contribution in [0.5, 0.6) is 0 Å². The molecule has 10 heteroatoms. The second kappa shape index (κ2) is 8.42. The number of amides is 3. The zero-order chi connectivity index (χ0) is 20.3. The van der Waals surface area contributed by atoms with Gasteiger partial charge in [-0.1, -0.05) is 0 Å². The third-order valence-electron chi connectivity index (χ3n) is 4.73. The Morgan fingerprint density at radius 2 is 2.14 bits per heavy atom. The van der Waals surface area contributed by atoms with Crippen molar-refractivity contribution in [3.63, 3.8) is 0 Å². The van der Waals surface area contributed by atoms with Crippen molar-refractivity contribution in [3.05, 3.63) is 24.0 Å². The van der Waals surface area contributed by atoms with Crippen LogP contribution in [0.1, 0.15) is 13.3 Å². The molecular weight excluding hydrogens is 371 g/mol. The minimum Gasteiger partial charge on any atom is -0.442 e. The molecule has 28 heavy (non-hydrogen) atoms. The van der Waals surface area contributed by atoms with Gasteiger partial charge in [0.1, 0.15) is 18.5 Å². The number of halogens is 1. The summed E-state index contributed by atoms with van der Waals surface area (Å²) in [5.74, 6) is -1.15. The summed E-state index contributed by atoms with van der Waals surface area (Å²) in [6.45, 7) is 2.22. The summed E-state index contributed by atoms with van der Waals surface area (Å²) < 4.78 is 19.9. The highest BCUT2D eigenvalue weighted by Crippen LogP contribution is 2.29. The maximum absolute atomic E-state index is 14.7. The second-order valence-corrected chi connectivity index (χ2v) is 6.85. The van der Waals surface area contributed by atoms with Crippen molar-refractivity contribution in [2.75, 3.05) is 42.6 Å². The fourth-order valence-corrected chi connectivity index (χ4v) is 3.39. The number of cyclic esters (lactones) is 1. The molecule has 2 aliphatic rings. The molecule has 3 amide bonds. The van der Waals surface area contributed by atoms with E-state index in [9.17, 15) is 18.8 Å². The topological polar surface area (TPSA) is 111 Å². The van der Waals surface area contributed by atoms with E-state index in [1.54, 1.807) is 12.1 Å². The molecule has 9 nitrogen and oxygen atoms in total. The number of anilines is 2. The summed E-state index contributed by atoms with van der Waals surface area (Å²) in [4.78, 5) is 37.5. The molecule has 2 atom stereocenters. The van der Waals surface area contributed by atoms with Gasteiger partial charge in [-0.3, -0.25) is 14.5 Å². The maximum atomic E-state index is 14.7. The van der Waals surface area contributed by atoms with Crippen molar-refractivity contribution in [1.29, 1.82) is 0 Å². The lowest BCUT2D eigenvalue weighted by Gasteiger charge is -2.21. The van der Waals surface area contributed by atoms with Gasteiger partial charge in [-0.15, -0.1) is 0 Å². The lowest BCUT2D eigenvalue weighted by atomic mass is 10.2. The monoisotopic (exact) mass is 394 g/mol. The van der Waals surface area contributed by atoms with Gasteiger partial charge in [0.15, 0.2) is 0 Å². The molecule has 0 bridgehead atoms. The molecule has 2 heterocycles. The minimum absolute atomic E-state index is 0.151. The van der Waals surface area contributed by atoms with Crippen LogP contribution in [0.3, 0.4) is 0 Å². The van der Waals surface area contributed by atoms with Crippen LogP contribution >= 0.6 is 0 Å². The van der Waals surface area contributed by atoms with Crippen LogP contribution in [0.25, 0.3) is 0 Å². The molecule has 2 saturated heterocycles. The summed E-state index contributed by atoms with van der Waals surface area (Å²) in [6, 6.07) is 4.36. The zero-order valence-corrected chi connectivity index (χ0v) is 15.5. The maximum Gasteiger partial charge on any atom is 0.414 e. The highest BCUT2D eigenvalue weighted by Gasteiger charge is 2.33. The number of aliphatic hydroxyl groups excluding tert-OH is 1. The molecule has 152 valence electrons. The molecule has 2 fully saturated rings. The number of benzene rings is 1. The lowest BCUT2D eigenvalue weighted by Crippen LogP contribution is -2.38. The van der Waals surface area contributed by atoms with E-state index in [1.807, 2.05) is 4.90 Å². The number of hydrogen-bond acceptors (Lipinski definition) is 6. The van der Waals surface area contributed by atoms with E-state index in [4.69, 9.17) is 9.84 Å². The highest BCUT2D eigenvalue weighted by atomic mass is 19.1. The van der Waals surface area contributed by atoms with Crippen LogP contribution in [0.2, 0.25) is 0 Å². The molecule has 0 spiro atoms. The third kappa shape index (κ3) is 4.50. The van der Waals surface area contributed by atoms with Gasteiger partial charge in [0.2, 0.25) is 11.8 Å². The number of nitrogens with one attached hydrogen (secondary N) is 2. The molecule has 0 radical (unpaired) electrons. The largest absolute Gasteiger partial charge is 0.442 e. The number of ether oxygens (including phenoxy) is 1. The highest BCUT2D eigenvalue weighted by molar-refractivity contribution is 5.90. The van der Waals surface area contributed by atoms with Crippen molar-refractivity contribution in [2.45, 2.75) is 25.5 Å². The van der Waals surface area contributed by atoms with E-state index in [2.05, 4.69) is 10.6 Å². The average molecular weight is 394 g/mol. The van der Waals surface area contributed by atoms with Gasteiger partial charge >= 0.3 is 6.09 Å². The quantitative estimate of drug-likeness (QED) is 0.625. The molecule has 1 aromatic rings. The molecule has 3 rings (SSSR count). The molecule has 0 aromatic heterocycles. The van der Waals surface area contributed by atoms with Crippen molar-refractivity contribution in [1.82, 2.24) is 10.6 Å². The van der Waals surface area contributed by atoms with E-state index in [1.165, 1.54) is 17.9 Å². The van der Waals surface area contributed by atoms with Crippen LogP contribution in [-0.4, -0.2) is 67.9 Å². The van der Waals surface area contributed by atoms with Crippen LogP contribution in [0.15, 0.2) is 18.2 Å². The van der Waals surface area contributed by atoms with Crippen LogP contribution in [-0.2, 0) is 14.3 Å². The number of nitrogens with zero attached hydrogens (tertiary/aromatic N) is 2. The first kappa shape index (κ1) is 19.9. The molecular formula is C18H23FN4O5. The fourth-order valence-electron chi connectivity index (χ4n) is 3.39. The van der Waals surface area contributed by atoms with Crippen LogP contribution in [0.4, 0.5) is 20.6 Å². The SMILES string of the molecule is CC(=O)NCC1CN(c2ccc(N3CCC(NC(=O)CO)C3)c(F)c2)C(=O)O1. The van der Waals surface area contributed by atoms with Gasteiger partial charge in [-0.05, 0) is 24.6 Å². The molecule has 2 aliphatic heterocycles. The number of rotatable bonds is 6. The summed E-state index contributed by atoms with van der Waals surface area (Å²) in [6.07, 6.45) is -0.431. The third-order valence-corrected chi connectivity index (χ3v) is 4.73. The minimum atomic E-state index is -0.588. The Bertz CT molecular complexity index is 774. The molecule has 0 saturated carbocycles. The number of carbonyl (C=O) groups is 3. The Kier molecular flexibility index (Phi) is 5.98. The van der Waals surface area contributed by atoms with E-state index < -0.39 is 30.5 Å². The van der Waals surface area contributed by atoms with E-state index in [0.29, 0.717) is 30.9 Å². The van der Waals surface area contributed by atoms with Crippen molar-refractivity contribution in [2.24, 2.45) is 0 Å². The van der Waals surface area contributed by atoms with Crippen molar-refractivity contribution < 1.29 is 28.6 Å². The Balaban J connectivity index is 1.64. The standard InChI is InChI=1S/C18H23FN4O5/c1-11(25)20-7-14-9-23(18(27)28-14)13-2-3-16(15(19)6-13)22-5-4-12(8-22)21-17(26)10-24/h2-3,6,12,14,24H,4-5,7-10H2,1H3,(H,20,25)(H,21,26). The summed E-state index contributed by atoms with van der Waals surface area (Å²) >= 11 is 0. The summed E-state index contributed by atoms with van der Waals surface area (Å²) in [7, 11) is 0. The summed E-state index contributed by atoms with van der Waals surface area (Å²) in [5.41, 5.74) is 0.757. The Morgan fingerprint density at radius 3 is 2.82 bits per heavy atom. The molecule has 1 aromatic carbocycles. The van der Waals surface area contributed by atoms with Gasteiger partial charge in [-0.2, -0.15) is 0 Å². The van der Waals surface area contributed by atoms with E-state index in [-0.39, 0.29) is 25.0 Å². The smallest absolute Gasteiger partial charge is 0.414 e. The van der Waals surface area contributed by atoms with E-state index in [0.717, 1.165) is 0 Å². The molecule has 2 unspecified atom stereocenters. The van der Waals surface area contributed by atoms with Crippen molar-refractivity contribution >= 4 is 29.3 Å². The second-order valence-electron chi connectivity index (χ2n) is 6.85. The molecule has 0 aliphatic carbocycles. The predicted molar refractivity (Wildman–Crippen MR) is 98.5 cm³/mol.